The molecule has 4 nitrogen and oxygen atoms in total. The maximum absolute atomic E-state index is 12.4. The fourth-order valence-electron chi connectivity index (χ4n) is 2.49. The first kappa shape index (κ1) is 16.6. The molecule has 1 aromatic heterocycles. The van der Waals surface area contributed by atoms with Crippen molar-refractivity contribution in [2.45, 2.75) is 43.3 Å². The van der Waals surface area contributed by atoms with Gasteiger partial charge in [0.15, 0.2) is 0 Å². The molecule has 1 aliphatic rings. The summed E-state index contributed by atoms with van der Waals surface area (Å²) in [7, 11) is 1.44. The molecule has 1 unspecified atom stereocenters. The summed E-state index contributed by atoms with van der Waals surface area (Å²) in [6.45, 7) is 4.08. The van der Waals surface area contributed by atoms with Crippen LogP contribution in [0.3, 0.4) is 0 Å². The summed E-state index contributed by atoms with van der Waals surface area (Å²) in [6, 6.07) is 3.81. The monoisotopic (exact) mass is 328 g/mol. The average molecular weight is 329 g/mol. The molecule has 116 valence electrons. The van der Waals surface area contributed by atoms with Crippen LogP contribution in [-0.2, 0) is 9.53 Å². The molecule has 1 N–H and O–H groups in total. The molecule has 0 spiro atoms. The highest BCUT2D eigenvalue weighted by Crippen LogP contribution is 2.43. The van der Waals surface area contributed by atoms with Crippen molar-refractivity contribution < 1.29 is 9.53 Å². The number of hydrogen-bond donors (Lipinski definition) is 1. The molecule has 1 atom stereocenters. The lowest BCUT2D eigenvalue weighted by molar-refractivity contribution is -0.148. The Labute approximate surface area is 135 Å². The van der Waals surface area contributed by atoms with Crippen LogP contribution in [0.1, 0.15) is 26.7 Å². The van der Waals surface area contributed by atoms with Crippen molar-refractivity contribution >= 4 is 29.3 Å². The standard InChI is InChI=1S/C15H21ClN2O2S/c1-10(2)18-15(11-6-7-11,14(19)20-3)9-21-13-12(16)5-4-8-17-13/h4-5,8,10-11,18H,6-7,9H2,1-3H3. The Morgan fingerprint density at radius 1 is 1.62 bits per heavy atom. The van der Waals surface area contributed by atoms with Gasteiger partial charge >= 0.3 is 5.97 Å². The first-order chi connectivity index (χ1) is 9.99. The highest BCUT2D eigenvalue weighted by molar-refractivity contribution is 7.99. The average Bonchev–Trinajstić information content (AvgIpc) is 3.28. The zero-order valence-corrected chi connectivity index (χ0v) is 14.1. The zero-order valence-electron chi connectivity index (χ0n) is 12.6. The van der Waals surface area contributed by atoms with Crippen LogP contribution < -0.4 is 5.32 Å². The van der Waals surface area contributed by atoms with Crippen LogP contribution in [0.5, 0.6) is 0 Å². The second-order valence-electron chi connectivity index (χ2n) is 5.62. The highest BCUT2D eigenvalue weighted by Gasteiger charge is 2.52. The quantitative estimate of drug-likeness (QED) is 0.615. The van der Waals surface area contributed by atoms with E-state index >= 15 is 0 Å². The molecule has 0 aromatic carbocycles. The Morgan fingerprint density at radius 2 is 2.33 bits per heavy atom. The molecule has 6 heteroatoms. The minimum Gasteiger partial charge on any atom is -0.468 e. The van der Waals surface area contributed by atoms with E-state index in [0.717, 1.165) is 17.9 Å². The predicted molar refractivity (Wildman–Crippen MR) is 85.7 cm³/mol. The molecule has 1 aliphatic carbocycles. The Hall–Kier alpha value is -0.780. The topological polar surface area (TPSA) is 51.2 Å². The van der Waals surface area contributed by atoms with Crippen molar-refractivity contribution in [2.75, 3.05) is 12.9 Å². The van der Waals surface area contributed by atoms with E-state index in [1.165, 1.54) is 18.9 Å². The largest absolute Gasteiger partial charge is 0.468 e. The summed E-state index contributed by atoms with van der Waals surface area (Å²) in [5, 5.41) is 4.79. The maximum Gasteiger partial charge on any atom is 0.327 e. The molecule has 0 amide bonds. The molecule has 21 heavy (non-hydrogen) atoms. The van der Waals surface area contributed by atoms with Gasteiger partial charge in [-0.3, -0.25) is 10.1 Å². The van der Waals surface area contributed by atoms with E-state index in [2.05, 4.69) is 10.3 Å². The number of aromatic nitrogens is 1. The van der Waals surface area contributed by atoms with E-state index in [-0.39, 0.29) is 12.0 Å². The smallest absolute Gasteiger partial charge is 0.327 e. The van der Waals surface area contributed by atoms with Crippen molar-refractivity contribution in [3.63, 3.8) is 0 Å². The Balaban J connectivity index is 2.19. The third-order valence-electron chi connectivity index (χ3n) is 3.53. The minimum absolute atomic E-state index is 0.196. The third kappa shape index (κ3) is 3.90. The van der Waals surface area contributed by atoms with Crippen molar-refractivity contribution in [3.05, 3.63) is 23.4 Å². The Bertz CT molecular complexity index is 508. The van der Waals surface area contributed by atoms with Gasteiger partial charge in [-0.2, -0.15) is 0 Å². The van der Waals surface area contributed by atoms with Gasteiger partial charge in [-0.15, -0.1) is 11.8 Å². The van der Waals surface area contributed by atoms with Crippen LogP contribution in [-0.4, -0.2) is 35.4 Å². The Kier molecular flexibility index (Phi) is 5.52. The summed E-state index contributed by atoms with van der Waals surface area (Å²) in [4.78, 5) is 16.7. The molecule has 1 saturated carbocycles. The number of thioether (sulfide) groups is 1. The van der Waals surface area contributed by atoms with Crippen molar-refractivity contribution in [1.82, 2.24) is 10.3 Å². The number of esters is 1. The number of nitrogens with zero attached hydrogens (tertiary/aromatic N) is 1. The number of carbonyl (C=O) groups is 1. The SMILES string of the molecule is COC(=O)C(CSc1ncccc1Cl)(NC(C)C)C1CC1. The number of halogens is 1. The minimum atomic E-state index is -0.658. The van der Waals surface area contributed by atoms with E-state index in [0.29, 0.717) is 16.7 Å². The van der Waals surface area contributed by atoms with E-state index in [1.807, 2.05) is 19.9 Å². The van der Waals surface area contributed by atoms with Crippen molar-refractivity contribution in [3.8, 4) is 0 Å². The molecule has 1 fully saturated rings. The molecule has 1 aromatic rings. The van der Waals surface area contributed by atoms with Gasteiger partial charge in [-0.25, -0.2) is 4.98 Å². The van der Waals surface area contributed by atoms with E-state index in [1.54, 1.807) is 12.3 Å². The number of pyridine rings is 1. The summed E-state index contributed by atoms with van der Waals surface area (Å²) < 4.78 is 5.07. The lowest BCUT2D eigenvalue weighted by Crippen LogP contribution is -2.59. The molecule has 1 heterocycles. The molecule has 0 aliphatic heterocycles. The highest BCUT2D eigenvalue weighted by atomic mass is 35.5. The number of carbonyl (C=O) groups excluding carboxylic acids is 1. The van der Waals surface area contributed by atoms with E-state index in [4.69, 9.17) is 16.3 Å². The van der Waals surface area contributed by atoms with Crippen LogP contribution in [0.25, 0.3) is 0 Å². The number of rotatable bonds is 7. The van der Waals surface area contributed by atoms with Gasteiger partial charge in [0.2, 0.25) is 0 Å². The number of methoxy groups -OCH3 is 1. The summed E-state index contributed by atoms with van der Waals surface area (Å²) in [5.74, 6) is 0.694. The summed E-state index contributed by atoms with van der Waals surface area (Å²) >= 11 is 7.65. The third-order valence-corrected chi connectivity index (χ3v) is 5.15. The lowest BCUT2D eigenvalue weighted by atomic mass is 9.94. The molecule has 0 radical (unpaired) electrons. The molecular weight excluding hydrogens is 308 g/mol. The number of nitrogens with one attached hydrogen (secondary N) is 1. The van der Waals surface area contributed by atoms with Crippen LogP contribution >= 0.6 is 23.4 Å². The van der Waals surface area contributed by atoms with Crippen LogP contribution in [0.15, 0.2) is 23.4 Å². The summed E-state index contributed by atoms with van der Waals surface area (Å²) in [5.41, 5.74) is -0.658. The van der Waals surface area contributed by atoms with Gasteiger partial charge in [0.25, 0.3) is 0 Å². The summed E-state index contributed by atoms with van der Waals surface area (Å²) in [6.07, 6.45) is 3.80. The lowest BCUT2D eigenvalue weighted by Gasteiger charge is -2.34. The van der Waals surface area contributed by atoms with Gasteiger partial charge in [0, 0.05) is 18.0 Å². The molecular formula is C15H21ClN2O2S. The zero-order chi connectivity index (χ0) is 15.5. The van der Waals surface area contributed by atoms with Crippen LogP contribution in [0.2, 0.25) is 5.02 Å². The van der Waals surface area contributed by atoms with Gasteiger partial charge in [0.05, 0.1) is 12.1 Å². The number of hydrogen-bond acceptors (Lipinski definition) is 5. The Morgan fingerprint density at radius 3 is 2.86 bits per heavy atom. The fourth-order valence-corrected chi connectivity index (χ4v) is 3.92. The van der Waals surface area contributed by atoms with Gasteiger partial charge < -0.3 is 4.74 Å². The van der Waals surface area contributed by atoms with Gasteiger partial charge in [-0.1, -0.05) is 11.6 Å². The molecule has 0 bridgehead atoms. The molecule has 0 saturated heterocycles. The first-order valence-corrected chi connectivity index (χ1v) is 8.45. The predicted octanol–water partition coefficient (Wildman–Crippen LogP) is 3.15. The van der Waals surface area contributed by atoms with Gasteiger partial charge in [0.1, 0.15) is 10.6 Å². The van der Waals surface area contributed by atoms with E-state index in [9.17, 15) is 4.79 Å². The first-order valence-electron chi connectivity index (χ1n) is 7.09. The van der Waals surface area contributed by atoms with Crippen LogP contribution in [0.4, 0.5) is 0 Å². The van der Waals surface area contributed by atoms with Crippen molar-refractivity contribution in [2.24, 2.45) is 5.92 Å². The fraction of sp³-hybridized carbons (Fsp3) is 0.600. The van der Waals surface area contributed by atoms with E-state index < -0.39 is 5.54 Å². The van der Waals surface area contributed by atoms with Crippen LogP contribution in [0, 0.1) is 5.92 Å². The van der Waals surface area contributed by atoms with Crippen molar-refractivity contribution in [1.29, 1.82) is 0 Å². The molecule has 2 rings (SSSR count). The van der Waals surface area contributed by atoms with Gasteiger partial charge in [-0.05, 0) is 44.7 Å². The number of ether oxygens (including phenoxy) is 1. The maximum atomic E-state index is 12.4. The normalized spacial score (nSPS) is 17.6. The second-order valence-corrected chi connectivity index (χ2v) is 6.99. The second kappa shape index (κ2) is 6.99.